The highest BCUT2D eigenvalue weighted by Crippen LogP contribution is 2.21. The predicted octanol–water partition coefficient (Wildman–Crippen LogP) is 3.42. The van der Waals surface area contributed by atoms with Crippen molar-refractivity contribution in [1.82, 2.24) is 9.55 Å². The fraction of sp³-hybridized carbons (Fsp3) is 0.286. The summed E-state index contributed by atoms with van der Waals surface area (Å²) in [7, 11) is 3.19. The summed E-state index contributed by atoms with van der Waals surface area (Å²) in [6, 6.07) is 14.3. The number of methoxy groups -OCH3 is 2. The molecule has 1 aromatic heterocycles. The number of hydrogen-bond donors (Lipinski definition) is 0. The maximum atomic E-state index is 12.9. The molecule has 0 aliphatic heterocycles. The Balaban J connectivity index is 1.87. The van der Waals surface area contributed by atoms with Crippen molar-refractivity contribution in [3.8, 4) is 5.75 Å². The van der Waals surface area contributed by atoms with Gasteiger partial charge in [0.05, 0.1) is 23.8 Å². The largest absolute Gasteiger partial charge is 0.497 e. The van der Waals surface area contributed by atoms with Gasteiger partial charge in [0.25, 0.3) is 5.56 Å². The summed E-state index contributed by atoms with van der Waals surface area (Å²) >= 11 is 1.27. The van der Waals surface area contributed by atoms with Crippen molar-refractivity contribution in [3.05, 3.63) is 64.4 Å². The van der Waals surface area contributed by atoms with Crippen LogP contribution >= 0.6 is 11.8 Å². The normalized spacial score (nSPS) is 10.9. The number of nitrogens with zero attached hydrogens (tertiary/aromatic N) is 2. The number of para-hydroxylation sites is 1. The minimum absolute atomic E-state index is 0.0465. The van der Waals surface area contributed by atoms with Gasteiger partial charge in [0.1, 0.15) is 5.75 Å². The minimum Gasteiger partial charge on any atom is -0.497 e. The number of benzene rings is 2. The van der Waals surface area contributed by atoms with Gasteiger partial charge >= 0.3 is 0 Å². The number of rotatable bonds is 9. The summed E-state index contributed by atoms with van der Waals surface area (Å²) in [5.74, 6) is 0.772. The Labute approximate surface area is 167 Å². The lowest BCUT2D eigenvalue weighted by molar-refractivity contribution is 0.102. The van der Waals surface area contributed by atoms with E-state index < -0.39 is 0 Å². The van der Waals surface area contributed by atoms with Crippen molar-refractivity contribution in [1.29, 1.82) is 0 Å². The molecule has 0 N–H and O–H groups in total. The molecule has 6 nitrogen and oxygen atoms in total. The topological polar surface area (TPSA) is 70.4 Å². The Kier molecular flexibility index (Phi) is 6.84. The maximum Gasteiger partial charge on any atom is 0.262 e. The third-order valence-corrected chi connectivity index (χ3v) is 5.26. The number of Topliss-reactive ketones (excluding diaryl/α,β-unsaturated/α-hetero) is 1. The molecule has 0 amide bonds. The van der Waals surface area contributed by atoms with Crippen molar-refractivity contribution in [2.45, 2.75) is 18.1 Å². The zero-order valence-electron chi connectivity index (χ0n) is 15.9. The van der Waals surface area contributed by atoms with E-state index in [-0.39, 0.29) is 17.1 Å². The number of fused-ring (bicyclic) bond motifs is 1. The number of ether oxygens (including phenoxy) is 2. The molecule has 0 radical (unpaired) electrons. The van der Waals surface area contributed by atoms with Gasteiger partial charge in [-0.25, -0.2) is 4.98 Å². The quantitative estimate of drug-likeness (QED) is 0.238. The summed E-state index contributed by atoms with van der Waals surface area (Å²) in [6.07, 6.45) is 0.688. The van der Waals surface area contributed by atoms with Crippen LogP contribution in [0.15, 0.2) is 58.5 Å². The van der Waals surface area contributed by atoms with Gasteiger partial charge in [-0.05, 0) is 30.7 Å². The van der Waals surface area contributed by atoms with E-state index in [0.29, 0.717) is 46.9 Å². The Bertz CT molecular complexity index is 1030. The van der Waals surface area contributed by atoms with Crippen LogP contribution in [0.2, 0.25) is 0 Å². The van der Waals surface area contributed by atoms with Crippen LogP contribution in [0.25, 0.3) is 10.9 Å². The zero-order chi connectivity index (χ0) is 19.9. The average Bonchev–Trinajstić information content (AvgIpc) is 2.74. The molecule has 0 bridgehead atoms. The second-order valence-corrected chi connectivity index (χ2v) is 7.10. The van der Waals surface area contributed by atoms with E-state index in [9.17, 15) is 9.59 Å². The van der Waals surface area contributed by atoms with Crippen LogP contribution in [0.5, 0.6) is 5.75 Å². The third kappa shape index (κ3) is 4.61. The van der Waals surface area contributed by atoms with Crippen molar-refractivity contribution >= 4 is 28.4 Å². The minimum atomic E-state index is -0.0990. The molecule has 1 heterocycles. The highest BCUT2D eigenvalue weighted by atomic mass is 32.2. The van der Waals surface area contributed by atoms with Crippen LogP contribution < -0.4 is 10.3 Å². The highest BCUT2D eigenvalue weighted by molar-refractivity contribution is 7.99. The second-order valence-electron chi connectivity index (χ2n) is 6.16. The van der Waals surface area contributed by atoms with Crippen LogP contribution in [0.4, 0.5) is 0 Å². The molecule has 28 heavy (non-hydrogen) atoms. The first-order valence-corrected chi connectivity index (χ1v) is 9.91. The highest BCUT2D eigenvalue weighted by Gasteiger charge is 2.14. The van der Waals surface area contributed by atoms with E-state index in [1.807, 2.05) is 18.2 Å². The first kappa shape index (κ1) is 20.1. The fourth-order valence-corrected chi connectivity index (χ4v) is 3.75. The fourth-order valence-electron chi connectivity index (χ4n) is 2.83. The van der Waals surface area contributed by atoms with Gasteiger partial charge in [-0.3, -0.25) is 14.2 Å². The molecule has 0 saturated heterocycles. The molecule has 146 valence electrons. The lowest BCUT2D eigenvalue weighted by Gasteiger charge is -2.13. The van der Waals surface area contributed by atoms with Gasteiger partial charge in [-0.1, -0.05) is 36.0 Å². The van der Waals surface area contributed by atoms with Crippen molar-refractivity contribution in [2.75, 3.05) is 26.6 Å². The van der Waals surface area contributed by atoms with Gasteiger partial charge in [0.2, 0.25) is 0 Å². The van der Waals surface area contributed by atoms with Crippen LogP contribution in [-0.4, -0.2) is 41.9 Å². The molecule has 3 aromatic rings. The maximum absolute atomic E-state index is 12.9. The molecule has 0 aliphatic carbocycles. The van der Waals surface area contributed by atoms with Gasteiger partial charge in [0.15, 0.2) is 10.9 Å². The van der Waals surface area contributed by atoms with Crippen LogP contribution in [0, 0.1) is 0 Å². The van der Waals surface area contributed by atoms with Crippen LogP contribution in [0.3, 0.4) is 0 Å². The standard InChI is InChI=1S/C21H22N2O4S/c1-26-12-6-11-23-20(25)17-9-3-4-10-18(17)22-21(23)28-14-19(24)15-7-5-8-16(13-15)27-2/h3-5,7-10,13H,6,11-12,14H2,1-2H3. The lowest BCUT2D eigenvalue weighted by Crippen LogP contribution is -2.24. The third-order valence-electron chi connectivity index (χ3n) is 4.28. The van der Waals surface area contributed by atoms with E-state index in [4.69, 9.17) is 9.47 Å². The molecule has 0 spiro atoms. The van der Waals surface area contributed by atoms with E-state index in [2.05, 4.69) is 4.98 Å². The van der Waals surface area contributed by atoms with E-state index in [1.165, 1.54) is 11.8 Å². The molecular formula is C21H22N2O4S. The summed E-state index contributed by atoms with van der Waals surface area (Å²) < 4.78 is 11.9. The van der Waals surface area contributed by atoms with Gasteiger partial charge in [-0.2, -0.15) is 0 Å². The Hall–Kier alpha value is -2.64. The monoisotopic (exact) mass is 398 g/mol. The smallest absolute Gasteiger partial charge is 0.262 e. The Morgan fingerprint density at radius 2 is 1.96 bits per heavy atom. The molecule has 0 unspecified atom stereocenters. The van der Waals surface area contributed by atoms with Crippen molar-refractivity contribution in [3.63, 3.8) is 0 Å². The number of carbonyl (C=O) groups excluding carboxylic acids is 1. The number of ketones is 1. The molecule has 2 aromatic carbocycles. The zero-order valence-corrected chi connectivity index (χ0v) is 16.7. The van der Waals surface area contributed by atoms with Gasteiger partial charge in [-0.15, -0.1) is 0 Å². The van der Waals surface area contributed by atoms with E-state index in [0.717, 1.165) is 0 Å². The summed E-state index contributed by atoms with van der Waals surface area (Å²) in [4.78, 5) is 30.1. The van der Waals surface area contributed by atoms with Crippen molar-refractivity contribution in [2.24, 2.45) is 0 Å². The summed E-state index contributed by atoms with van der Waals surface area (Å²) in [6.45, 7) is 1.03. The summed E-state index contributed by atoms with van der Waals surface area (Å²) in [5, 5.41) is 1.11. The Morgan fingerprint density at radius 1 is 1.14 bits per heavy atom. The molecule has 0 saturated carbocycles. The second kappa shape index (κ2) is 9.52. The molecule has 7 heteroatoms. The molecule has 0 fully saturated rings. The van der Waals surface area contributed by atoms with Gasteiger partial charge < -0.3 is 9.47 Å². The average molecular weight is 398 g/mol. The Morgan fingerprint density at radius 3 is 2.75 bits per heavy atom. The van der Waals surface area contributed by atoms with E-state index in [1.54, 1.807) is 49.1 Å². The van der Waals surface area contributed by atoms with E-state index >= 15 is 0 Å². The summed E-state index contributed by atoms with van der Waals surface area (Å²) in [5.41, 5.74) is 1.10. The molecular weight excluding hydrogens is 376 g/mol. The molecule has 0 atom stereocenters. The SMILES string of the molecule is COCCCn1c(SCC(=O)c2cccc(OC)c2)nc2ccccc2c1=O. The predicted molar refractivity (Wildman–Crippen MR) is 111 cm³/mol. The van der Waals surface area contributed by atoms with Gasteiger partial charge in [0, 0.05) is 25.8 Å². The lowest BCUT2D eigenvalue weighted by atomic mass is 10.1. The van der Waals surface area contributed by atoms with Crippen LogP contribution in [0.1, 0.15) is 16.8 Å². The number of aromatic nitrogens is 2. The molecule has 0 aliphatic rings. The van der Waals surface area contributed by atoms with Crippen LogP contribution in [-0.2, 0) is 11.3 Å². The number of hydrogen-bond acceptors (Lipinski definition) is 6. The first-order chi connectivity index (χ1) is 13.6. The number of carbonyl (C=O) groups is 1. The molecule has 3 rings (SSSR count). The number of thioether (sulfide) groups is 1. The van der Waals surface area contributed by atoms with Crippen molar-refractivity contribution < 1.29 is 14.3 Å². The first-order valence-electron chi connectivity index (χ1n) is 8.92.